The molecule has 0 saturated heterocycles. The average Bonchev–Trinajstić information content (AvgIpc) is 2.33. The van der Waals surface area contributed by atoms with Gasteiger partial charge in [0.05, 0.1) is 11.3 Å². The van der Waals surface area contributed by atoms with Crippen LogP contribution in [0.2, 0.25) is 0 Å². The summed E-state index contributed by atoms with van der Waals surface area (Å²) in [4.78, 5) is 3.74. The quantitative estimate of drug-likeness (QED) is 0.843. The predicted molar refractivity (Wildman–Crippen MR) is 64.9 cm³/mol. The fourth-order valence-corrected chi connectivity index (χ4v) is 1.48. The van der Waals surface area contributed by atoms with Gasteiger partial charge in [-0.15, -0.1) is 0 Å². The van der Waals surface area contributed by atoms with E-state index in [0.29, 0.717) is 5.69 Å². The van der Waals surface area contributed by atoms with Crippen molar-refractivity contribution in [2.45, 2.75) is 13.1 Å². The van der Waals surface area contributed by atoms with Gasteiger partial charge in [-0.25, -0.2) is 4.98 Å². The number of nitrogens with two attached hydrogens (primary N) is 1. The summed E-state index contributed by atoms with van der Waals surface area (Å²) in [6.07, 6.45) is -3.39. The van der Waals surface area contributed by atoms with E-state index in [1.165, 1.54) is 0 Å². The second-order valence-corrected chi connectivity index (χ2v) is 4.02. The Morgan fingerprint density at radius 3 is 2.58 bits per heavy atom. The Hall–Kier alpha value is -2.24. The van der Waals surface area contributed by atoms with E-state index in [0.717, 1.165) is 23.9 Å². The monoisotopic (exact) mass is 268 g/mol. The first-order valence-electron chi connectivity index (χ1n) is 5.43. The number of anilines is 1. The van der Waals surface area contributed by atoms with Crippen LogP contribution in [-0.2, 0) is 6.18 Å². The second kappa shape index (κ2) is 4.79. The van der Waals surface area contributed by atoms with Crippen molar-refractivity contribution in [3.63, 3.8) is 0 Å². The first-order chi connectivity index (χ1) is 8.86. The van der Waals surface area contributed by atoms with Crippen molar-refractivity contribution in [3.05, 3.63) is 47.7 Å². The largest absolute Gasteiger partial charge is 0.437 e. The van der Waals surface area contributed by atoms with Crippen molar-refractivity contribution in [3.8, 4) is 11.6 Å². The highest BCUT2D eigenvalue weighted by atomic mass is 19.4. The molecule has 100 valence electrons. The summed E-state index contributed by atoms with van der Waals surface area (Å²) in [6.45, 7) is 1.83. The predicted octanol–water partition coefficient (Wildman–Crippen LogP) is 3.78. The number of aryl methyl sites for hydroxylation is 1. The van der Waals surface area contributed by atoms with Crippen LogP contribution >= 0.6 is 0 Å². The van der Waals surface area contributed by atoms with E-state index in [1.54, 1.807) is 18.2 Å². The maximum atomic E-state index is 12.5. The number of alkyl halides is 3. The molecule has 0 saturated carbocycles. The van der Waals surface area contributed by atoms with Crippen LogP contribution < -0.4 is 10.5 Å². The molecule has 1 aromatic heterocycles. The molecule has 6 heteroatoms. The molecular weight excluding hydrogens is 257 g/mol. The molecule has 2 aromatic rings. The summed E-state index contributed by atoms with van der Waals surface area (Å²) < 4.78 is 42.9. The fourth-order valence-electron chi connectivity index (χ4n) is 1.48. The van der Waals surface area contributed by atoms with Crippen molar-refractivity contribution in [2.75, 3.05) is 5.73 Å². The number of benzene rings is 1. The topological polar surface area (TPSA) is 48.1 Å². The Morgan fingerprint density at radius 1 is 1.16 bits per heavy atom. The molecule has 0 radical (unpaired) electrons. The van der Waals surface area contributed by atoms with Crippen molar-refractivity contribution in [1.82, 2.24) is 4.98 Å². The Labute approximate surface area is 107 Å². The minimum Gasteiger partial charge on any atom is -0.437 e. The summed E-state index contributed by atoms with van der Waals surface area (Å²) in [5.74, 6) is 0.138. The van der Waals surface area contributed by atoms with Gasteiger partial charge in [-0.1, -0.05) is 6.07 Å². The number of ether oxygens (including phenoxy) is 1. The summed E-state index contributed by atoms with van der Waals surface area (Å²) in [6, 6.07) is 6.76. The van der Waals surface area contributed by atoms with Crippen LogP contribution in [0.15, 0.2) is 36.5 Å². The summed E-state index contributed by atoms with van der Waals surface area (Å²) in [7, 11) is 0. The van der Waals surface area contributed by atoms with Crippen LogP contribution in [-0.4, -0.2) is 4.98 Å². The number of aromatic nitrogens is 1. The second-order valence-electron chi connectivity index (χ2n) is 4.02. The van der Waals surface area contributed by atoms with Crippen molar-refractivity contribution >= 4 is 5.69 Å². The molecule has 1 heterocycles. The van der Waals surface area contributed by atoms with Crippen molar-refractivity contribution in [1.29, 1.82) is 0 Å². The van der Waals surface area contributed by atoms with E-state index in [1.807, 2.05) is 6.92 Å². The lowest BCUT2D eigenvalue weighted by Crippen LogP contribution is -2.05. The molecule has 0 aliphatic rings. The third kappa shape index (κ3) is 3.15. The summed E-state index contributed by atoms with van der Waals surface area (Å²) in [5, 5.41) is 0. The van der Waals surface area contributed by atoms with Gasteiger partial charge in [-0.3, -0.25) is 0 Å². The number of hydrogen-bond acceptors (Lipinski definition) is 3. The fraction of sp³-hybridized carbons (Fsp3) is 0.154. The van der Waals surface area contributed by atoms with Gasteiger partial charge in [0.1, 0.15) is 0 Å². The van der Waals surface area contributed by atoms with Gasteiger partial charge in [-0.2, -0.15) is 13.2 Å². The average molecular weight is 268 g/mol. The number of pyridine rings is 1. The Bertz CT molecular complexity index is 597. The highest BCUT2D eigenvalue weighted by molar-refractivity contribution is 5.54. The van der Waals surface area contributed by atoms with E-state index in [4.69, 9.17) is 10.5 Å². The zero-order valence-electron chi connectivity index (χ0n) is 10.0. The molecule has 19 heavy (non-hydrogen) atoms. The molecule has 0 aliphatic carbocycles. The Morgan fingerprint density at radius 2 is 1.89 bits per heavy atom. The molecule has 0 aliphatic heterocycles. The molecule has 0 amide bonds. The van der Waals surface area contributed by atoms with Gasteiger partial charge in [-0.05, 0) is 30.7 Å². The third-order valence-corrected chi connectivity index (χ3v) is 2.45. The molecule has 3 nitrogen and oxygen atoms in total. The summed E-state index contributed by atoms with van der Waals surface area (Å²) in [5.41, 5.74) is 6.09. The molecule has 0 fully saturated rings. The molecular formula is C13H11F3N2O. The van der Waals surface area contributed by atoms with Gasteiger partial charge < -0.3 is 10.5 Å². The van der Waals surface area contributed by atoms with E-state index in [-0.39, 0.29) is 11.6 Å². The van der Waals surface area contributed by atoms with E-state index >= 15 is 0 Å². The smallest absolute Gasteiger partial charge is 0.416 e. The third-order valence-electron chi connectivity index (χ3n) is 2.45. The molecule has 0 spiro atoms. The zero-order valence-corrected chi connectivity index (χ0v) is 10.0. The lowest BCUT2D eigenvalue weighted by atomic mass is 10.2. The highest BCUT2D eigenvalue weighted by Gasteiger charge is 2.31. The first kappa shape index (κ1) is 13.2. The van der Waals surface area contributed by atoms with Crippen LogP contribution in [0.5, 0.6) is 11.6 Å². The number of nitrogens with zero attached hydrogens (tertiary/aromatic N) is 1. The molecule has 0 unspecified atom stereocenters. The van der Waals surface area contributed by atoms with Crippen LogP contribution in [0.3, 0.4) is 0 Å². The van der Waals surface area contributed by atoms with Crippen LogP contribution in [0.4, 0.5) is 18.9 Å². The lowest BCUT2D eigenvalue weighted by Gasteiger charge is -2.10. The van der Waals surface area contributed by atoms with Gasteiger partial charge in [0, 0.05) is 12.3 Å². The van der Waals surface area contributed by atoms with E-state index in [9.17, 15) is 13.2 Å². The van der Waals surface area contributed by atoms with E-state index < -0.39 is 11.7 Å². The van der Waals surface area contributed by atoms with Crippen LogP contribution in [0, 0.1) is 6.92 Å². The summed E-state index contributed by atoms with van der Waals surface area (Å²) >= 11 is 0. The minimum atomic E-state index is -4.43. The molecule has 0 atom stereocenters. The van der Waals surface area contributed by atoms with Gasteiger partial charge in [0.15, 0.2) is 5.75 Å². The highest BCUT2D eigenvalue weighted by Crippen LogP contribution is 2.33. The Balaban J connectivity index is 2.31. The normalized spacial score (nSPS) is 11.4. The minimum absolute atomic E-state index is 0.146. The van der Waals surface area contributed by atoms with Gasteiger partial charge in [0.2, 0.25) is 5.88 Å². The van der Waals surface area contributed by atoms with Crippen LogP contribution in [0.1, 0.15) is 11.1 Å². The maximum absolute atomic E-state index is 12.5. The van der Waals surface area contributed by atoms with Gasteiger partial charge >= 0.3 is 6.18 Å². The van der Waals surface area contributed by atoms with Gasteiger partial charge in [0.25, 0.3) is 0 Å². The van der Waals surface area contributed by atoms with Crippen molar-refractivity contribution in [2.24, 2.45) is 0 Å². The maximum Gasteiger partial charge on any atom is 0.416 e. The van der Waals surface area contributed by atoms with Crippen LogP contribution in [0.25, 0.3) is 0 Å². The number of hydrogen-bond donors (Lipinski definition) is 1. The molecule has 0 bridgehead atoms. The number of rotatable bonds is 2. The van der Waals surface area contributed by atoms with E-state index in [2.05, 4.69) is 4.98 Å². The molecule has 1 aromatic carbocycles. The first-order valence-corrected chi connectivity index (χ1v) is 5.43. The SMILES string of the molecule is Cc1ccc(N)c(Oc2cc(C(F)(F)F)ccn2)c1. The molecule has 2 N–H and O–H groups in total. The van der Waals surface area contributed by atoms with Crippen molar-refractivity contribution < 1.29 is 17.9 Å². The number of halogens is 3. The Kier molecular flexibility index (Phi) is 3.33. The number of nitrogen functional groups attached to an aromatic ring is 1. The lowest BCUT2D eigenvalue weighted by molar-refractivity contribution is -0.137. The standard InChI is InChI=1S/C13H11F3N2O/c1-8-2-3-10(17)11(6-8)19-12-7-9(4-5-18-12)13(14,15)16/h2-7H,17H2,1H3. The zero-order chi connectivity index (χ0) is 14.0. The molecule has 2 rings (SSSR count).